The Kier molecular flexibility index (Phi) is 3.09. The Hall–Kier alpha value is -0.840. The van der Waals surface area contributed by atoms with Gasteiger partial charge < -0.3 is 15.1 Å². The van der Waals surface area contributed by atoms with Crippen molar-refractivity contribution in [1.82, 2.24) is 15.1 Å². The highest BCUT2D eigenvalue weighted by Gasteiger charge is 2.32. The third-order valence-electron chi connectivity index (χ3n) is 3.17. The van der Waals surface area contributed by atoms with Crippen LogP contribution in [-0.2, 0) is 0 Å². The van der Waals surface area contributed by atoms with E-state index >= 15 is 0 Å². The number of nitrogens with one attached hydrogen (secondary N) is 1. The number of carbonyl (C=O) groups excluding carboxylic acids is 1. The van der Waals surface area contributed by atoms with Crippen LogP contribution >= 0.6 is 0 Å². The molecule has 2 saturated heterocycles. The van der Waals surface area contributed by atoms with E-state index in [0.29, 0.717) is 0 Å². The molecule has 0 saturated carbocycles. The van der Waals surface area contributed by atoms with Crippen LogP contribution in [-0.4, -0.2) is 60.8 Å². The Morgan fingerprint density at radius 3 is 2.73 bits per heavy atom. The molecule has 15 heavy (non-hydrogen) atoms. The molecule has 0 aromatic rings. The molecule has 1 atom stereocenters. The van der Waals surface area contributed by atoms with E-state index in [9.17, 15) is 9.18 Å². The lowest BCUT2D eigenvalue weighted by Crippen LogP contribution is -2.56. The van der Waals surface area contributed by atoms with Gasteiger partial charge >= 0.3 is 6.03 Å². The molecule has 0 aliphatic carbocycles. The molecule has 2 aliphatic rings. The highest BCUT2D eigenvalue weighted by molar-refractivity contribution is 5.75. The van der Waals surface area contributed by atoms with Crippen molar-refractivity contribution in [3.05, 3.63) is 0 Å². The van der Waals surface area contributed by atoms with Crippen molar-refractivity contribution < 1.29 is 9.18 Å². The van der Waals surface area contributed by atoms with Crippen LogP contribution in [0.4, 0.5) is 9.18 Å². The average molecular weight is 215 g/mol. The maximum Gasteiger partial charge on any atom is 0.317 e. The van der Waals surface area contributed by atoms with Crippen molar-refractivity contribution >= 4 is 6.03 Å². The van der Waals surface area contributed by atoms with Crippen LogP contribution in [0.1, 0.15) is 13.3 Å². The summed E-state index contributed by atoms with van der Waals surface area (Å²) in [7, 11) is 0. The number of carbonyl (C=O) groups is 1. The molecule has 1 N–H and O–H groups in total. The Bertz CT molecular complexity index is 243. The molecule has 2 fully saturated rings. The number of hydrogen-bond acceptors (Lipinski definition) is 2. The van der Waals surface area contributed by atoms with Crippen molar-refractivity contribution in [3.8, 4) is 0 Å². The number of rotatable bonds is 2. The fourth-order valence-corrected chi connectivity index (χ4v) is 2.09. The molecule has 0 bridgehead atoms. The molecule has 0 radical (unpaired) electrons. The molecule has 86 valence electrons. The van der Waals surface area contributed by atoms with Crippen LogP contribution in [0.2, 0.25) is 0 Å². The Morgan fingerprint density at radius 1 is 1.47 bits per heavy atom. The summed E-state index contributed by atoms with van der Waals surface area (Å²) < 4.78 is 12.5. The number of urea groups is 1. The van der Waals surface area contributed by atoms with Crippen LogP contribution in [0.15, 0.2) is 0 Å². The highest BCUT2D eigenvalue weighted by Crippen LogP contribution is 2.13. The second-order valence-corrected chi connectivity index (χ2v) is 4.33. The predicted octanol–water partition coefficient (Wildman–Crippen LogP) is 0.444. The summed E-state index contributed by atoms with van der Waals surface area (Å²) in [4.78, 5) is 15.4. The van der Waals surface area contributed by atoms with Gasteiger partial charge in [-0.05, 0) is 13.0 Å². The van der Waals surface area contributed by atoms with Gasteiger partial charge in [0.2, 0.25) is 0 Å². The molecule has 0 spiro atoms. The normalized spacial score (nSPS) is 27.9. The number of hydrogen-bond donors (Lipinski definition) is 1. The SMILES string of the molecule is CCN1CCC(NC(=O)N2CC(F)C2)C1. The van der Waals surface area contributed by atoms with E-state index in [-0.39, 0.29) is 25.2 Å². The number of amides is 2. The first-order chi connectivity index (χ1) is 7.19. The topological polar surface area (TPSA) is 35.6 Å². The zero-order valence-electron chi connectivity index (χ0n) is 9.08. The lowest BCUT2D eigenvalue weighted by Gasteiger charge is -2.35. The van der Waals surface area contributed by atoms with Gasteiger partial charge in [-0.15, -0.1) is 0 Å². The molecule has 1 unspecified atom stereocenters. The first-order valence-electron chi connectivity index (χ1n) is 5.61. The Balaban J connectivity index is 1.71. The number of alkyl halides is 1. The fourth-order valence-electron chi connectivity index (χ4n) is 2.09. The molecular weight excluding hydrogens is 197 g/mol. The largest absolute Gasteiger partial charge is 0.334 e. The molecule has 4 nitrogen and oxygen atoms in total. The molecule has 0 aromatic carbocycles. The maximum absolute atomic E-state index is 12.5. The van der Waals surface area contributed by atoms with Gasteiger partial charge in [-0.25, -0.2) is 9.18 Å². The number of nitrogens with zero attached hydrogens (tertiary/aromatic N) is 2. The summed E-state index contributed by atoms with van der Waals surface area (Å²) in [6, 6.07) is 0.142. The summed E-state index contributed by atoms with van der Waals surface area (Å²) in [6.07, 6.45) is 0.193. The summed E-state index contributed by atoms with van der Waals surface area (Å²) >= 11 is 0. The first-order valence-corrected chi connectivity index (χ1v) is 5.61. The highest BCUT2D eigenvalue weighted by atomic mass is 19.1. The van der Waals surface area contributed by atoms with E-state index in [0.717, 1.165) is 26.1 Å². The zero-order chi connectivity index (χ0) is 10.8. The maximum atomic E-state index is 12.5. The Labute approximate surface area is 89.4 Å². The molecule has 2 heterocycles. The lowest BCUT2D eigenvalue weighted by molar-refractivity contribution is 0.0882. The molecule has 5 heteroatoms. The lowest BCUT2D eigenvalue weighted by atomic mass is 10.2. The first kappa shape index (κ1) is 10.7. The minimum absolute atomic E-state index is 0.105. The van der Waals surface area contributed by atoms with Gasteiger partial charge in [0.1, 0.15) is 6.17 Å². The van der Waals surface area contributed by atoms with E-state index in [1.54, 1.807) is 0 Å². The van der Waals surface area contributed by atoms with Gasteiger partial charge in [-0.1, -0.05) is 6.92 Å². The fraction of sp³-hybridized carbons (Fsp3) is 0.900. The number of likely N-dealkylation sites (N-methyl/N-ethyl adjacent to an activating group) is 1. The van der Waals surface area contributed by atoms with Crippen LogP contribution in [0.25, 0.3) is 0 Å². The second-order valence-electron chi connectivity index (χ2n) is 4.33. The zero-order valence-corrected chi connectivity index (χ0v) is 9.08. The van der Waals surface area contributed by atoms with Crippen LogP contribution in [0.5, 0.6) is 0 Å². The van der Waals surface area contributed by atoms with E-state index < -0.39 is 6.17 Å². The quantitative estimate of drug-likeness (QED) is 0.725. The summed E-state index contributed by atoms with van der Waals surface area (Å²) in [5.41, 5.74) is 0. The third kappa shape index (κ3) is 2.40. The van der Waals surface area contributed by atoms with Gasteiger partial charge in [0.25, 0.3) is 0 Å². The van der Waals surface area contributed by atoms with Crippen molar-refractivity contribution in [3.63, 3.8) is 0 Å². The van der Waals surface area contributed by atoms with E-state index in [4.69, 9.17) is 0 Å². The average Bonchev–Trinajstić information content (AvgIpc) is 2.60. The van der Waals surface area contributed by atoms with Gasteiger partial charge in [-0.2, -0.15) is 0 Å². The predicted molar refractivity (Wildman–Crippen MR) is 55.5 cm³/mol. The van der Waals surface area contributed by atoms with E-state index in [2.05, 4.69) is 17.1 Å². The monoisotopic (exact) mass is 215 g/mol. The van der Waals surface area contributed by atoms with Crippen LogP contribution in [0, 0.1) is 0 Å². The van der Waals surface area contributed by atoms with Crippen molar-refractivity contribution in [1.29, 1.82) is 0 Å². The van der Waals surface area contributed by atoms with E-state index in [1.165, 1.54) is 4.90 Å². The smallest absolute Gasteiger partial charge is 0.317 e. The minimum atomic E-state index is -0.813. The molecule has 2 rings (SSSR count). The van der Waals surface area contributed by atoms with Crippen LogP contribution < -0.4 is 5.32 Å². The molecule has 2 aliphatic heterocycles. The van der Waals surface area contributed by atoms with E-state index in [1.807, 2.05) is 0 Å². The van der Waals surface area contributed by atoms with Crippen molar-refractivity contribution in [2.75, 3.05) is 32.7 Å². The van der Waals surface area contributed by atoms with Gasteiger partial charge in [0.05, 0.1) is 13.1 Å². The number of likely N-dealkylation sites (tertiary alicyclic amines) is 2. The van der Waals surface area contributed by atoms with Gasteiger partial charge in [-0.3, -0.25) is 0 Å². The summed E-state index contributed by atoms with van der Waals surface area (Å²) in [5, 5.41) is 2.94. The standard InChI is InChI=1S/C10H18FN3O/c1-2-13-4-3-9(7-13)12-10(15)14-5-8(11)6-14/h8-9H,2-7H2,1H3,(H,12,15). The van der Waals surface area contributed by atoms with Crippen molar-refractivity contribution in [2.24, 2.45) is 0 Å². The summed E-state index contributed by atoms with van der Waals surface area (Å²) in [6.45, 7) is 5.64. The summed E-state index contributed by atoms with van der Waals surface area (Å²) in [5.74, 6) is 0. The molecule has 0 aromatic heterocycles. The third-order valence-corrected chi connectivity index (χ3v) is 3.17. The second kappa shape index (κ2) is 4.35. The van der Waals surface area contributed by atoms with Gasteiger partial charge in [0.15, 0.2) is 0 Å². The van der Waals surface area contributed by atoms with Crippen LogP contribution in [0.3, 0.4) is 0 Å². The number of halogens is 1. The Morgan fingerprint density at radius 2 is 2.20 bits per heavy atom. The minimum Gasteiger partial charge on any atom is -0.334 e. The van der Waals surface area contributed by atoms with Crippen molar-refractivity contribution in [2.45, 2.75) is 25.6 Å². The van der Waals surface area contributed by atoms with Gasteiger partial charge in [0, 0.05) is 19.1 Å². The molecular formula is C10H18FN3O. The molecule has 2 amide bonds.